The van der Waals surface area contributed by atoms with Crippen molar-refractivity contribution in [3.05, 3.63) is 252 Å². The van der Waals surface area contributed by atoms with Gasteiger partial charge in [0.05, 0.1) is 30.0 Å². The monoisotopic (exact) mass is 1160 g/mol. The van der Waals surface area contributed by atoms with E-state index in [1.165, 1.54) is 0 Å². The molecule has 0 fully saturated rings. The highest BCUT2D eigenvalue weighted by Gasteiger charge is 2.28. The smallest absolute Gasteiger partial charge is 0.329 e. The van der Waals surface area contributed by atoms with Crippen molar-refractivity contribution in [1.82, 2.24) is 21.3 Å². The molecule has 424 valence electrons. The van der Waals surface area contributed by atoms with Crippen LogP contribution in [0.3, 0.4) is 0 Å². The number of nitrogens with one attached hydrogen (secondary N) is 4. The molecular weight excluding hydrogens is 1090 g/mol. The van der Waals surface area contributed by atoms with Crippen LogP contribution in [0.25, 0.3) is 21.9 Å². The molecule has 8 rings (SSSR count). The van der Waals surface area contributed by atoms with E-state index in [-0.39, 0.29) is 54.1 Å². The van der Waals surface area contributed by atoms with Crippen LogP contribution in [-0.4, -0.2) is 77.1 Å². The minimum absolute atomic E-state index is 0.00781. The molecule has 4 N–H and O–H groups in total. The molecule has 16 heteroatoms. The summed E-state index contributed by atoms with van der Waals surface area (Å²) in [6.45, 7) is 2.86. The van der Waals surface area contributed by atoms with Crippen molar-refractivity contribution in [3.8, 4) is 11.1 Å². The zero-order valence-corrected chi connectivity index (χ0v) is 48.2. The van der Waals surface area contributed by atoms with Gasteiger partial charge in [-0.15, -0.1) is 0 Å². The highest BCUT2D eigenvalue weighted by Crippen LogP contribution is 2.22. The van der Waals surface area contributed by atoms with E-state index in [9.17, 15) is 28.8 Å². The summed E-state index contributed by atoms with van der Waals surface area (Å²) in [5.41, 5.74) is 7.92. The lowest BCUT2D eigenvalue weighted by atomic mass is 9.98. The second kappa shape index (κ2) is 34.9. The minimum Gasteiger partial charge on any atom is -0.459 e. The molecule has 0 aliphatic heterocycles. The minimum atomic E-state index is -0.790. The average molecular weight is 1160 g/mol. The molecule has 8 aromatic carbocycles. The van der Waals surface area contributed by atoms with E-state index in [2.05, 4.69) is 59.2 Å². The van der Waals surface area contributed by atoms with Crippen molar-refractivity contribution in [1.29, 1.82) is 0 Å². The third kappa shape index (κ3) is 21.7. The molecule has 8 aromatic rings. The van der Waals surface area contributed by atoms with Crippen LogP contribution < -0.4 is 21.3 Å². The van der Waals surface area contributed by atoms with Gasteiger partial charge in [-0.2, -0.15) is 37.9 Å². The van der Waals surface area contributed by atoms with Gasteiger partial charge in [-0.05, 0) is 62.2 Å². The molecule has 0 spiro atoms. The van der Waals surface area contributed by atoms with E-state index in [4.69, 9.17) is 14.2 Å². The normalized spacial score (nSPS) is 12.0. The van der Waals surface area contributed by atoms with Crippen LogP contribution in [0.2, 0.25) is 0 Å². The highest BCUT2D eigenvalue weighted by molar-refractivity contribution is 7.81. The molecule has 0 aromatic heterocycles. The first-order valence-corrected chi connectivity index (χ1v) is 28.5. The first kappa shape index (κ1) is 63.0. The molecule has 82 heavy (non-hydrogen) atoms. The zero-order chi connectivity index (χ0) is 58.3. The second-order valence-corrected chi connectivity index (χ2v) is 19.7. The summed E-state index contributed by atoms with van der Waals surface area (Å²) < 4.78 is 16.7. The number of rotatable bonds is 24. The average Bonchev–Trinajstić information content (AvgIpc) is 3.70. The summed E-state index contributed by atoms with van der Waals surface area (Å²) >= 11 is 11.9. The van der Waals surface area contributed by atoms with Crippen molar-refractivity contribution in [2.45, 2.75) is 70.4 Å². The highest BCUT2D eigenvalue weighted by atomic mass is 32.1. The predicted octanol–water partition coefficient (Wildman–Crippen LogP) is 9.92. The summed E-state index contributed by atoms with van der Waals surface area (Å²) in [4.78, 5) is 73.3. The number of carbonyl (C=O) groups is 6. The number of esters is 2. The fourth-order valence-electron chi connectivity index (χ4n) is 8.32. The van der Waals surface area contributed by atoms with E-state index in [1.807, 2.05) is 218 Å². The van der Waals surface area contributed by atoms with Crippen LogP contribution in [-0.2, 0) is 82.2 Å². The lowest BCUT2D eigenvalue weighted by Crippen LogP contribution is -2.53. The van der Waals surface area contributed by atoms with Gasteiger partial charge in [-0.3, -0.25) is 19.2 Å². The maximum atomic E-state index is 12.6. The molecule has 0 heterocycles. The number of hydrogen-bond donors (Lipinski definition) is 7. The molecule has 4 amide bonds. The number of hydrogen-bond acceptors (Lipinski definition) is 12. The second-order valence-electron chi connectivity index (χ2n) is 18.8. The number of benzene rings is 8. The maximum Gasteiger partial charge on any atom is 0.329 e. The van der Waals surface area contributed by atoms with Crippen LogP contribution in [0.15, 0.2) is 218 Å². The Morgan fingerprint density at radius 2 is 0.829 bits per heavy atom. The molecule has 1 unspecified atom stereocenters. The van der Waals surface area contributed by atoms with Crippen molar-refractivity contribution in [3.63, 3.8) is 0 Å². The van der Waals surface area contributed by atoms with Gasteiger partial charge in [0.1, 0.15) is 31.3 Å². The summed E-state index contributed by atoms with van der Waals surface area (Å²) in [6, 6.07) is 67.8. The van der Waals surface area contributed by atoms with Gasteiger partial charge in [0, 0.05) is 19.4 Å². The van der Waals surface area contributed by atoms with Gasteiger partial charge in [-0.25, -0.2) is 9.59 Å². The fourth-order valence-corrected chi connectivity index (χ4v) is 8.60. The zero-order valence-electron chi connectivity index (χ0n) is 45.5. The molecule has 0 saturated heterocycles. The standard InChI is InChI=1S/C24H23NO3S.C22H21NO3S.C20H24N2O3S/c26-23(17-29)25-22(24(27)28-16-19-7-3-1-4-8-19)15-18-11-13-21(14-12-18)20-9-5-2-6-10-20;24-21(15-27)23-20(22(25)26-14-16-7-2-1-3-8-16)13-18-11-6-10-17-9-4-5-12-19(17)18;1-15(25-13-17-10-6-3-7-11-17)19(22-18(23)14-26)20(24)21-12-16-8-4-2-5-9-16/h1-14,22,29H,15-17H2,(H,25,26);1-12,20,27H,13-15H2,(H,23,24);2-11,15,19,26H,12-14H2,1H3,(H,21,24)(H,22,23)/t22-;20-;15?,19-/m000/s1. The van der Waals surface area contributed by atoms with E-state index in [0.717, 1.165) is 55.3 Å². The Morgan fingerprint density at radius 3 is 1.34 bits per heavy atom. The largest absolute Gasteiger partial charge is 0.459 e. The van der Waals surface area contributed by atoms with Gasteiger partial charge in [0.15, 0.2) is 0 Å². The van der Waals surface area contributed by atoms with E-state index in [1.54, 1.807) is 6.92 Å². The Labute approximate surface area is 496 Å². The summed E-state index contributed by atoms with van der Waals surface area (Å²) in [5.74, 6) is -2.11. The Kier molecular flexibility index (Phi) is 26.8. The predicted molar refractivity (Wildman–Crippen MR) is 332 cm³/mol. The Balaban J connectivity index is 0.000000198. The summed E-state index contributed by atoms with van der Waals surface area (Å²) in [5, 5.41) is 13.1. The number of fused-ring (bicyclic) bond motifs is 1. The van der Waals surface area contributed by atoms with Crippen LogP contribution in [0.4, 0.5) is 0 Å². The van der Waals surface area contributed by atoms with Gasteiger partial charge in [0.2, 0.25) is 23.6 Å². The number of carbonyl (C=O) groups excluding carboxylic acids is 6. The molecule has 4 atom stereocenters. The SMILES string of the molecule is CC(OCc1ccccc1)[C@H](NC(=O)CS)C(=O)NCc1ccccc1.O=C(CS)N[C@@H](Cc1ccc(-c2ccccc2)cc1)C(=O)OCc1ccccc1.O=C(CS)N[C@@H](Cc1cccc2ccccc12)C(=O)OCc1ccccc1. The number of amides is 4. The molecule has 0 bridgehead atoms. The Morgan fingerprint density at radius 1 is 0.415 bits per heavy atom. The van der Waals surface area contributed by atoms with Crippen molar-refractivity contribution in [2.75, 3.05) is 17.3 Å². The van der Waals surface area contributed by atoms with E-state index < -0.39 is 36.2 Å². The lowest BCUT2D eigenvalue weighted by Gasteiger charge is -2.24. The molecule has 0 aliphatic rings. The Hall–Kier alpha value is -8.15. The lowest BCUT2D eigenvalue weighted by molar-refractivity contribution is -0.149. The number of ether oxygens (including phenoxy) is 3. The fraction of sp³-hybridized carbons (Fsp3) is 0.212. The first-order valence-electron chi connectivity index (χ1n) is 26.6. The quantitative estimate of drug-likeness (QED) is 0.0229. The summed E-state index contributed by atoms with van der Waals surface area (Å²) in [7, 11) is 0. The molecular formula is C66H68N4O9S3. The van der Waals surface area contributed by atoms with Gasteiger partial charge in [0.25, 0.3) is 0 Å². The Bertz CT molecular complexity index is 3230. The van der Waals surface area contributed by atoms with Crippen LogP contribution in [0.1, 0.15) is 40.3 Å². The van der Waals surface area contributed by atoms with Gasteiger partial charge < -0.3 is 35.5 Å². The van der Waals surface area contributed by atoms with Gasteiger partial charge in [-0.1, -0.05) is 218 Å². The van der Waals surface area contributed by atoms with E-state index in [0.29, 0.717) is 26.0 Å². The maximum absolute atomic E-state index is 12.6. The van der Waals surface area contributed by atoms with Gasteiger partial charge >= 0.3 is 11.9 Å². The first-order chi connectivity index (χ1) is 39.9. The third-order valence-electron chi connectivity index (χ3n) is 12.7. The molecule has 0 saturated carbocycles. The van der Waals surface area contributed by atoms with Crippen LogP contribution >= 0.6 is 37.9 Å². The third-order valence-corrected chi connectivity index (χ3v) is 13.5. The topological polar surface area (TPSA) is 178 Å². The van der Waals surface area contributed by atoms with Crippen LogP contribution in [0.5, 0.6) is 0 Å². The molecule has 0 aliphatic carbocycles. The van der Waals surface area contributed by atoms with Crippen LogP contribution in [0, 0.1) is 0 Å². The molecule has 13 nitrogen and oxygen atoms in total. The van der Waals surface area contributed by atoms with Crippen molar-refractivity contribution >= 4 is 84.2 Å². The summed E-state index contributed by atoms with van der Waals surface area (Å²) in [6.07, 6.45) is 0.214. The van der Waals surface area contributed by atoms with Crippen molar-refractivity contribution in [2.24, 2.45) is 0 Å². The number of thiol groups is 3. The molecule has 0 radical (unpaired) electrons. The van der Waals surface area contributed by atoms with E-state index >= 15 is 0 Å². The van der Waals surface area contributed by atoms with Crippen molar-refractivity contribution < 1.29 is 43.0 Å².